The number of nitrogens with zero attached hydrogens (tertiary/aromatic N) is 3. The van der Waals surface area contributed by atoms with Crippen LogP contribution < -0.4 is 15.8 Å². The SMILES string of the molecule is CCCNCC1CCCCN1c1nccn(C)c1=O. The third-order valence-electron chi connectivity index (χ3n) is 3.70. The highest BCUT2D eigenvalue weighted by Crippen LogP contribution is 2.20. The second kappa shape index (κ2) is 6.70. The minimum atomic E-state index is 0.00453. The molecule has 106 valence electrons. The van der Waals surface area contributed by atoms with Gasteiger partial charge in [0.15, 0.2) is 5.82 Å². The molecule has 1 aromatic heterocycles. The summed E-state index contributed by atoms with van der Waals surface area (Å²) in [5.41, 5.74) is 0.00453. The lowest BCUT2D eigenvalue weighted by molar-refractivity contribution is 0.431. The molecule has 0 amide bonds. The molecule has 0 aromatic carbocycles. The summed E-state index contributed by atoms with van der Waals surface area (Å²) in [4.78, 5) is 18.7. The van der Waals surface area contributed by atoms with Gasteiger partial charge in [0, 0.05) is 38.6 Å². The van der Waals surface area contributed by atoms with Gasteiger partial charge in [-0.25, -0.2) is 4.98 Å². The van der Waals surface area contributed by atoms with Gasteiger partial charge in [0.2, 0.25) is 0 Å². The van der Waals surface area contributed by atoms with Crippen LogP contribution in [0.1, 0.15) is 32.6 Å². The van der Waals surface area contributed by atoms with Gasteiger partial charge in [-0.1, -0.05) is 6.92 Å². The molecule has 0 saturated carbocycles. The first-order chi connectivity index (χ1) is 9.24. The Labute approximate surface area is 114 Å². The van der Waals surface area contributed by atoms with Gasteiger partial charge >= 0.3 is 0 Å². The van der Waals surface area contributed by atoms with Crippen LogP contribution in [0.4, 0.5) is 5.82 Å². The number of aromatic nitrogens is 2. The third-order valence-corrected chi connectivity index (χ3v) is 3.70. The van der Waals surface area contributed by atoms with Crippen molar-refractivity contribution < 1.29 is 0 Å². The van der Waals surface area contributed by atoms with Gasteiger partial charge < -0.3 is 14.8 Å². The van der Waals surface area contributed by atoms with Crippen molar-refractivity contribution in [2.75, 3.05) is 24.5 Å². The fourth-order valence-corrected chi connectivity index (χ4v) is 2.62. The summed E-state index contributed by atoms with van der Waals surface area (Å²) in [5, 5.41) is 3.46. The molecule has 0 spiro atoms. The van der Waals surface area contributed by atoms with Crippen molar-refractivity contribution in [3.63, 3.8) is 0 Å². The molecular formula is C14H24N4O. The Bertz CT molecular complexity index is 457. The molecular weight excluding hydrogens is 240 g/mol. The Morgan fingerprint density at radius 1 is 1.47 bits per heavy atom. The molecule has 1 saturated heterocycles. The Hall–Kier alpha value is -1.36. The van der Waals surface area contributed by atoms with Crippen molar-refractivity contribution in [2.24, 2.45) is 7.05 Å². The van der Waals surface area contributed by atoms with Crippen LogP contribution in [0.5, 0.6) is 0 Å². The van der Waals surface area contributed by atoms with Crippen molar-refractivity contribution in [1.82, 2.24) is 14.9 Å². The fraction of sp³-hybridized carbons (Fsp3) is 0.714. The Morgan fingerprint density at radius 2 is 2.32 bits per heavy atom. The number of hydrogen-bond acceptors (Lipinski definition) is 4. The maximum Gasteiger partial charge on any atom is 0.293 e. The Morgan fingerprint density at radius 3 is 3.11 bits per heavy atom. The number of hydrogen-bond donors (Lipinski definition) is 1. The molecule has 5 nitrogen and oxygen atoms in total. The lowest BCUT2D eigenvalue weighted by Crippen LogP contribution is -2.48. The summed E-state index contributed by atoms with van der Waals surface area (Å²) in [6.45, 7) is 5.07. The van der Waals surface area contributed by atoms with E-state index in [1.165, 1.54) is 6.42 Å². The fourth-order valence-electron chi connectivity index (χ4n) is 2.62. The third kappa shape index (κ3) is 3.35. The molecule has 1 fully saturated rings. The summed E-state index contributed by atoms with van der Waals surface area (Å²) in [6, 6.07) is 0.392. The van der Waals surface area contributed by atoms with Gasteiger partial charge in [-0.2, -0.15) is 0 Å². The van der Waals surface area contributed by atoms with Crippen LogP contribution in [0.25, 0.3) is 0 Å². The van der Waals surface area contributed by atoms with Crippen molar-refractivity contribution in [1.29, 1.82) is 0 Å². The summed E-state index contributed by atoms with van der Waals surface area (Å²) in [6.07, 6.45) is 8.07. The smallest absolute Gasteiger partial charge is 0.293 e. The first-order valence-electron chi connectivity index (χ1n) is 7.23. The van der Waals surface area contributed by atoms with E-state index in [1.807, 2.05) is 0 Å². The van der Waals surface area contributed by atoms with Crippen LogP contribution >= 0.6 is 0 Å². The second-order valence-electron chi connectivity index (χ2n) is 5.21. The van der Waals surface area contributed by atoms with E-state index in [0.29, 0.717) is 11.9 Å². The zero-order valence-corrected chi connectivity index (χ0v) is 11.9. The molecule has 1 aromatic rings. The topological polar surface area (TPSA) is 50.2 Å². The molecule has 1 aliphatic heterocycles. The van der Waals surface area contributed by atoms with Crippen LogP contribution in [0.3, 0.4) is 0 Å². The molecule has 0 bridgehead atoms. The summed E-state index contributed by atoms with van der Waals surface area (Å²) >= 11 is 0. The highest BCUT2D eigenvalue weighted by molar-refractivity contribution is 5.38. The van der Waals surface area contributed by atoms with Crippen LogP contribution in [-0.4, -0.2) is 35.2 Å². The highest BCUT2D eigenvalue weighted by Gasteiger charge is 2.25. The standard InChI is InChI=1S/C14H24N4O/c1-3-7-15-11-12-6-4-5-9-18(12)13-14(19)17(2)10-8-16-13/h8,10,12,15H,3-7,9,11H2,1-2H3. The molecule has 1 atom stereocenters. The van der Waals surface area contributed by atoms with Gasteiger partial charge in [0.05, 0.1) is 0 Å². The average molecular weight is 264 g/mol. The van der Waals surface area contributed by atoms with Crippen LogP contribution in [0.2, 0.25) is 0 Å². The van der Waals surface area contributed by atoms with Crippen LogP contribution in [0.15, 0.2) is 17.2 Å². The number of nitrogens with one attached hydrogen (secondary N) is 1. The van der Waals surface area contributed by atoms with Gasteiger partial charge in [-0.05, 0) is 32.2 Å². The zero-order chi connectivity index (χ0) is 13.7. The van der Waals surface area contributed by atoms with Crippen molar-refractivity contribution in [3.05, 3.63) is 22.7 Å². The molecule has 0 radical (unpaired) electrons. The van der Waals surface area contributed by atoms with Crippen molar-refractivity contribution >= 4 is 5.82 Å². The number of rotatable bonds is 5. The summed E-state index contributed by atoms with van der Waals surface area (Å²) in [5.74, 6) is 0.605. The van der Waals surface area contributed by atoms with Crippen molar-refractivity contribution in [2.45, 2.75) is 38.6 Å². The lowest BCUT2D eigenvalue weighted by atomic mass is 10.0. The maximum atomic E-state index is 12.2. The van der Waals surface area contributed by atoms with E-state index in [0.717, 1.165) is 38.9 Å². The molecule has 2 rings (SSSR count). The van der Waals surface area contributed by atoms with Gasteiger partial charge in [-0.3, -0.25) is 4.79 Å². The van der Waals surface area contributed by atoms with E-state index in [1.54, 1.807) is 24.0 Å². The van der Waals surface area contributed by atoms with E-state index in [9.17, 15) is 4.79 Å². The van der Waals surface area contributed by atoms with E-state index in [-0.39, 0.29) is 5.56 Å². The largest absolute Gasteiger partial charge is 0.348 e. The van der Waals surface area contributed by atoms with E-state index in [2.05, 4.69) is 22.1 Å². The van der Waals surface area contributed by atoms with Gasteiger partial charge in [0.25, 0.3) is 5.56 Å². The maximum absolute atomic E-state index is 12.2. The molecule has 1 N–H and O–H groups in total. The molecule has 1 unspecified atom stereocenters. The lowest BCUT2D eigenvalue weighted by Gasteiger charge is -2.36. The predicted molar refractivity (Wildman–Crippen MR) is 77.6 cm³/mol. The van der Waals surface area contributed by atoms with Gasteiger partial charge in [-0.15, -0.1) is 0 Å². The molecule has 19 heavy (non-hydrogen) atoms. The number of piperidine rings is 1. The minimum Gasteiger partial charge on any atom is -0.348 e. The summed E-state index contributed by atoms with van der Waals surface area (Å²) in [7, 11) is 1.78. The van der Waals surface area contributed by atoms with Crippen LogP contribution in [-0.2, 0) is 7.05 Å². The first-order valence-corrected chi connectivity index (χ1v) is 7.23. The average Bonchev–Trinajstić information content (AvgIpc) is 2.43. The summed E-state index contributed by atoms with van der Waals surface area (Å²) < 4.78 is 1.60. The molecule has 1 aliphatic rings. The van der Waals surface area contributed by atoms with E-state index >= 15 is 0 Å². The van der Waals surface area contributed by atoms with E-state index < -0.39 is 0 Å². The van der Waals surface area contributed by atoms with Crippen molar-refractivity contribution in [3.8, 4) is 0 Å². The predicted octanol–water partition coefficient (Wildman–Crippen LogP) is 1.14. The quantitative estimate of drug-likeness (QED) is 0.810. The first kappa shape index (κ1) is 14.1. The zero-order valence-electron chi connectivity index (χ0n) is 11.9. The Kier molecular flexibility index (Phi) is 4.96. The highest BCUT2D eigenvalue weighted by atomic mass is 16.1. The monoisotopic (exact) mass is 264 g/mol. The normalized spacial score (nSPS) is 19.7. The second-order valence-corrected chi connectivity index (χ2v) is 5.21. The van der Waals surface area contributed by atoms with Gasteiger partial charge in [0.1, 0.15) is 0 Å². The molecule has 0 aliphatic carbocycles. The number of aryl methyl sites for hydroxylation is 1. The van der Waals surface area contributed by atoms with Crippen LogP contribution in [0, 0.1) is 0 Å². The van der Waals surface area contributed by atoms with E-state index in [4.69, 9.17) is 0 Å². The molecule has 5 heteroatoms. The number of anilines is 1. The molecule has 2 heterocycles. The Balaban J connectivity index is 2.14. The minimum absolute atomic E-state index is 0.00453.